The molecule has 1 heterocycles. The topological polar surface area (TPSA) is 78.6 Å². The molecule has 3 rings (SSSR count). The summed E-state index contributed by atoms with van der Waals surface area (Å²) in [5.41, 5.74) is 7.18. The van der Waals surface area contributed by atoms with Crippen molar-refractivity contribution in [2.24, 2.45) is 5.73 Å². The lowest BCUT2D eigenvalue weighted by Crippen LogP contribution is -2.25. The van der Waals surface area contributed by atoms with Gasteiger partial charge in [0.15, 0.2) is 6.29 Å². The summed E-state index contributed by atoms with van der Waals surface area (Å²) in [5.74, 6) is -1.05. The minimum atomic E-state index is -0.553. The van der Waals surface area contributed by atoms with Crippen LogP contribution in [0.5, 0.6) is 0 Å². The number of amides is 1. The Morgan fingerprint density at radius 1 is 1.13 bits per heavy atom. The highest BCUT2D eigenvalue weighted by atomic mass is 35.5. The number of halogens is 2. The highest BCUT2D eigenvalue weighted by Gasteiger charge is 2.24. The van der Waals surface area contributed by atoms with Gasteiger partial charge in [-0.25, -0.2) is 0 Å². The predicted molar refractivity (Wildman–Crippen MR) is 117 cm³/mol. The molecule has 0 spiro atoms. The van der Waals surface area contributed by atoms with Crippen LogP contribution in [0.4, 0.5) is 0 Å². The molecule has 0 aromatic heterocycles. The zero-order valence-electron chi connectivity index (χ0n) is 16.6. The molecule has 2 atom stereocenters. The Morgan fingerprint density at radius 3 is 2.63 bits per heavy atom. The number of carbonyl (C=O) groups excluding carboxylic acids is 2. The minimum absolute atomic E-state index is 0.0461. The van der Waals surface area contributed by atoms with Gasteiger partial charge < -0.3 is 15.2 Å². The predicted octanol–water partition coefficient (Wildman–Crippen LogP) is 4.92. The summed E-state index contributed by atoms with van der Waals surface area (Å²) >= 11 is 12.2. The number of carbonyl (C=O) groups is 2. The molecular weight excluding hydrogens is 425 g/mol. The van der Waals surface area contributed by atoms with Crippen molar-refractivity contribution in [1.29, 1.82) is 0 Å². The second-order valence-corrected chi connectivity index (χ2v) is 8.16. The van der Waals surface area contributed by atoms with Crippen LogP contribution < -0.4 is 5.73 Å². The third-order valence-electron chi connectivity index (χ3n) is 5.23. The van der Waals surface area contributed by atoms with Crippen LogP contribution in [-0.2, 0) is 20.7 Å². The van der Waals surface area contributed by atoms with Crippen LogP contribution in [0.2, 0.25) is 10.0 Å². The van der Waals surface area contributed by atoms with E-state index >= 15 is 0 Å². The lowest BCUT2D eigenvalue weighted by molar-refractivity contribution is -0.163. The number of ether oxygens (including phenoxy) is 2. The van der Waals surface area contributed by atoms with E-state index in [-0.39, 0.29) is 18.5 Å². The van der Waals surface area contributed by atoms with Gasteiger partial charge >= 0.3 is 0 Å². The van der Waals surface area contributed by atoms with E-state index in [9.17, 15) is 9.59 Å². The Bertz CT molecular complexity index is 897. The Balaban J connectivity index is 1.76. The fourth-order valence-electron chi connectivity index (χ4n) is 3.63. The fraction of sp³-hybridized carbons (Fsp3) is 0.391. The van der Waals surface area contributed by atoms with E-state index in [2.05, 4.69) is 0 Å². The van der Waals surface area contributed by atoms with Gasteiger partial charge in [0, 0.05) is 24.5 Å². The molecule has 30 heavy (non-hydrogen) atoms. The molecule has 1 fully saturated rings. The van der Waals surface area contributed by atoms with Crippen molar-refractivity contribution in [2.45, 2.75) is 44.3 Å². The first kappa shape index (κ1) is 22.8. The number of hydrogen-bond acceptors (Lipinski definition) is 4. The molecular formula is C23H25Cl2NO4. The first-order chi connectivity index (χ1) is 14.5. The number of rotatable bonds is 9. The average Bonchev–Trinajstić information content (AvgIpc) is 2.74. The molecule has 160 valence electrons. The molecule has 1 saturated heterocycles. The van der Waals surface area contributed by atoms with Gasteiger partial charge in [-0.1, -0.05) is 47.5 Å². The van der Waals surface area contributed by atoms with E-state index in [0.717, 1.165) is 24.8 Å². The van der Waals surface area contributed by atoms with Gasteiger partial charge in [-0.3, -0.25) is 9.59 Å². The number of primary amides is 1. The van der Waals surface area contributed by atoms with E-state index < -0.39 is 11.8 Å². The molecule has 0 saturated carbocycles. The quantitative estimate of drug-likeness (QED) is 0.588. The Hall–Kier alpha value is -1.92. The third-order valence-corrected chi connectivity index (χ3v) is 5.97. The van der Waals surface area contributed by atoms with Crippen molar-refractivity contribution < 1.29 is 19.1 Å². The summed E-state index contributed by atoms with van der Waals surface area (Å²) in [6.45, 7) is 1.07. The van der Waals surface area contributed by atoms with Crippen molar-refractivity contribution in [3.05, 3.63) is 69.2 Å². The molecule has 2 N–H and O–H groups in total. The Kier molecular flexibility index (Phi) is 8.28. The molecule has 7 heteroatoms. The number of nitrogens with two attached hydrogens (primary N) is 1. The lowest BCUT2D eigenvalue weighted by Gasteiger charge is -2.24. The van der Waals surface area contributed by atoms with Gasteiger partial charge in [-0.2, -0.15) is 0 Å². The molecule has 0 radical (unpaired) electrons. The molecule has 2 aromatic carbocycles. The molecule has 2 unspecified atom stereocenters. The summed E-state index contributed by atoms with van der Waals surface area (Å²) in [6.07, 6.45) is 3.31. The van der Waals surface area contributed by atoms with Crippen LogP contribution in [0.3, 0.4) is 0 Å². The maximum atomic E-state index is 13.3. The van der Waals surface area contributed by atoms with E-state index in [1.807, 2.05) is 0 Å². The maximum Gasteiger partial charge on any atom is 0.248 e. The van der Waals surface area contributed by atoms with Crippen LogP contribution in [-0.4, -0.2) is 31.2 Å². The van der Waals surface area contributed by atoms with Gasteiger partial charge in [0.25, 0.3) is 0 Å². The Morgan fingerprint density at radius 2 is 1.93 bits per heavy atom. The van der Waals surface area contributed by atoms with Crippen LogP contribution in [0, 0.1) is 0 Å². The number of benzene rings is 2. The molecule has 5 nitrogen and oxygen atoms in total. The summed E-state index contributed by atoms with van der Waals surface area (Å²) in [6, 6.07) is 12.1. The van der Waals surface area contributed by atoms with Crippen LogP contribution in [0.25, 0.3) is 0 Å². The zero-order chi connectivity index (χ0) is 21.5. The standard InChI is InChI=1S/C23H25Cl2NO4/c24-19-9-8-16(13-20(19)25)17(10-12-30-22-7-3-4-11-29-22)21(27)14-15-5-1-2-6-18(15)23(26)28/h1-2,5-6,8-9,13,17,22H,3-4,7,10-12,14H2,(H2,26,28). The van der Waals surface area contributed by atoms with Gasteiger partial charge in [0.05, 0.1) is 16.7 Å². The van der Waals surface area contributed by atoms with Crippen LogP contribution >= 0.6 is 23.2 Å². The van der Waals surface area contributed by atoms with E-state index in [1.165, 1.54) is 0 Å². The summed E-state index contributed by atoms with van der Waals surface area (Å²) < 4.78 is 11.4. The van der Waals surface area contributed by atoms with Crippen molar-refractivity contribution in [3.8, 4) is 0 Å². The second-order valence-electron chi connectivity index (χ2n) is 7.35. The lowest BCUT2D eigenvalue weighted by atomic mass is 9.87. The minimum Gasteiger partial charge on any atom is -0.366 e. The first-order valence-corrected chi connectivity index (χ1v) is 10.8. The summed E-state index contributed by atoms with van der Waals surface area (Å²) in [5, 5.41) is 0.818. The van der Waals surface area contributed by atoms with Crippen molar-refractivity contribution >= 4 is 34.9 Å². The highest BCUT2D eigenvalue weighted by molar-refractivity contribution is 6.42. The van der Waals surface area contributed by atoms with Crippen molar-refractivity contribution in [1.82, 2.24) is 0 Å². The van der Waals surface area contributed by atoms with Crippen molar-refractivity contribution in [3.63, 3.8) is 0 Å². The smallest absolute Gasteiger partial charge is 0.248 e. The molecule has 2 aromatic rings. The Labute approximate surface area is 186 Å². The van der Waals surface area contributed by atoms with E-state index in [1.54, 1.807) is 42.5 Å². The van der Waals surface area contributed by atoms with Gasteiger partial charge in [0.2, 0.25) is 5.91 Å². The average molecular weight is 450 g/mol. The first-order valence-electron chi connectivity index (χ1n) is 10.0. The fourth-order valence-corrected chi connectivity index (χ4v) is 3.93. The van der Waals surface area contributed by atoms with Gasteiger partial charge in [-0.15, -0.1) is 0 Å². The summed E-state index contributed by atoms with van der Waals surface area (Å²) in [4.78, 5) is 25.0. The zero-order valence-corrected chi connectivity index (χ0v) is 18.1. The maximum absolute atomic E-state index is 13.3. The van der Waals surface area contributed by atoms with E-state index in [0.29, 0.717) is 40.8 Å². The molecule has 1 aliphatic heterocycles. The SMILES string of the molecule is NC(=O)c1ccccc1CC(=O)C(CCOC1CCCCO1)c1ccc(Cl)c(Cl)c1. The van der Waals surface area contributed by atoms with Crippen molar-refractivity contribution in [2.75, 3.05) is 13.2 Å². The number of hydrogen-bond donors (Lipinski definition) is 1. The monoisotopic (exact) mass is 449 g/mol. The van der Waals surface area contributed by atoms with Crippen LogP contribution in [0.15, 0.2) is 42.5 Å². The van der Waals surface area contributed by atoms with Gasteiger partial charge in [-0.05, 0) is 55.0 Å². The molecule has 1 amide bonds. The summed E-state index contributed by atoms with van der Waals surface area (Å²) in [7, 11) is 0. The number of Topliss-reactive ketones (excluding diaryl/α,β-unsaturated/α-hetero) is 1. The molecule has 1 aliphatic rings. The molecule has 0 bridgehead atoms. The highest BCUT2D eigenvalue weighted by Crippen LogP contribution is 2.30. The number of ketones is 1. The molecule has 0 aliphatic carbocycles. The third kappa shape index (κ3) is 6.05. The van der Waals surface area contributed by atoms with Gasteiger partial charge in [0.1, 0.15) is 5.78 Å². The second kappa shape index (κ2) is 10.9. The largest absolute Gasteiger partial charge is 0.366 e. The normalized spacial score (nSPS) is 17.5. The van der Waals surface area contributed by atoms with E-state index in [4.69, 9.17) is 38.4 Å². The van der Waals surface area contributed by atoms with Crippen LogP contribution in [0.1, 0.15) is 53.1 Å².